The SMILES string of the molecule is Cc1c(C(=O)Nc2ccc(OC3=CCNc4cc(OCCCNC5COC6(CC6)C5)ccc43)cn2)c(=O)n(-c2ccccc2)n1C. The summed E-state index contributed by atoms with van der Waals surface area (Å²) >= 11 is 0. The lowest BCUT2D eigenvalue weighted by Gasteiger charge is -2.20. The second-order valence-electron chi connectivity index (χ2n) is 12.1. The molecule has 0 radical (unpaired) electrons. The molecule has 7 rings (SSSR count). The van der Waals surface area contributed by atoms with Crippen LogP contribution in [0.5, 0.6) is 11.5 Å². The van der Waals surface area contributed by atoms with E-state index in [0.717, 1.165) is 43.0 Å². The van der Waals surface area contributed by atoms with Crippen LogP contribution >= 0.6 is 0 Å². The normalized spacial score (nSPS) is 17.6. The van der Waals surface area contributed by atoms with Gasteiger partial charge >= 0.3 is 0 Å². The molecule has 4 aromatic rings. The molecule has 1 atom stereocenters. The second-order valence-corrected chi connectivity index (χ2v) is 12.1. The van der Waals surface area contributed by atoms with Gasteiger partial charge in [0.05, 0.1) is 36.4 Å². The van der Waals surface area contributed by atoms with Crippen molar-refractivity contribution in [1.82, 2.24) is 19.7 Å². The molecule has 1 saturated carbocycles. The van der Waals surface area contributed by atoms with Gasteiger partial charge in [-0.3, -0.25) is 14.3 Å². The van der Waals surface area contributed by atoms with Gasteiger partial charge in [0, 0.05) is 37.0 Å². The first-order valence-corrected chi connectivity index (χ1v) is 15.8. The van der Waals surface area contributed by atoms with E-state index >= 15 is 0 Å². The zero-order valence-electron chi connectivity index (χ0n) is 26.0. The van der Waals surface area contributed by atoms with Crippen LogP contribution in [0.1, 0.15) is 47.3 Å². The summed E-state index contributed by atoms with van der Waals surface area (Å²) in [6.07, 6.45) is 7.99. The van der Waals surface area contributed by atoms with Crippen LogP contribution in [-0.4, -0.2) is 58.2 Å². The molecule has 3 aliphatic rings. The van der Waals surface area contributed by atoms with Crippen molar-refractivity contribution in [2.24, 2.45) is 7.05 Å². The highest BCUT2D eigenvalue weighted by molar-refractivity contribution is 6.04. The lowest BCUT2D eigenvalue weighted by atomic mass is 10.1. The average Bonchev–Trinajstić information content (AvgIpc) is 3.64. The maximum absolute atomic E-state index is 13.2. The minimum atomic E-state index is -0.520. The largest absolute Gasteiger partial charge is 0.493 e. The monoisotopic (exact) mass is 622 g/mol. The Balaban J connectivity index is 0.933. The van der Waals surface area contributed by atoms with Gasteiger partial charge in [-0.2, -0.15) is 0 Å². The Morgan fingerprint density at radius 2 is 1.96 bits per heavy atom. The Morgan fingerprint density at radius 3 is 2.72 bits per heavy atom. The number of nitrogens with one attached hydrogen (secondary N) is 3. The average molecular weight is 623 g/mol. The van der Waals surface area contributed by atoms with Gasteiger partial charge in [-0.25, -0.2) is 9.67 Å². The van der Waals surface area contributed by atoms with Crippen molar-refractivity contribution in [3.63, 3.8) is 0 Å². The van der Waals surface area contributed by atoms with Crippen LogP contribution in [0.2, 0.25) is 0 Å². The summed E-state index contributed by atoms with van der Waals surface area (Å²) in [7, 11) is 1.75. The fraction of sp³-hybridized carbons (Fsp3) is 0.343. The molecule has 1 saturated heterocycles. The number of benzene rings is 2. The Bertz CT molecular complexity index is 1820. The van der Waals surface area contributed by atoms with Gasteiger partial charge in [0.1, 0.15) is 28.6 Å². The molecule has 2 aromatic carbocycles. The summed E-state index contributed by atoms with van der Waals surface area (Å²) < 4.78 is 21.3. The lowest BCUT2D eigenvalue weighted by molar-refractivity contribution is 0.0887. The summed E-state index contributed by atoms with van der Waals surface area (Å²) in [5.41, 5.74) is 2.96. The molecule has 2 aliphatic heterocycles. The van der Waals surface area contributed by atoms with E-state index in [1.54, 1.807) is 37.0 Å². The van der Waals surface area contributed by atoms with Crippen molar-refractivity contribution in [3.8, 4) is 17.2 Å². The third-order valence-corrected chi connectivity index (χ3v) is 8.86. The predicted octanol–water partition coefficient (Wildman–Crippen LogP) is 4.66. The highest BCUT2D eigenvalue weighted by Crippen LogP contribution is 2.47. The summed E-state index contributed by atoms with van der Waals surface area (Å²) in [4.78, 5) is 30.7. The fourth-order valence-corrected chi connectivity index (χ4v) is 6.12. The maximum Gasteiger partial charge on any atom is 0.284 e. The van der Waals surface area contributed by atoms with Gasteiger partial charge < -0.3 is 30.2 Å². The van der Waals surface area contributed by atoms with Gasteiger partial charge in [0.15, 0.2) is 0 Å². The second kappa shape index (κ2) is 12.5. The number of ether oxygens (including phenoxy) is 3. The number of fused-ring (bicyclic) bond motifs is 1. The van der Waals surface area contributed by atoms with Crippen LogP contribution in [0, 0.1) is 6.92 Å². The van der Waals surface area contributed by atoms with Crippen LogP contribution in [0.3, 0.4) is 0 Å². The molecule has 11 heteroatoms. The molecule has 1 spiro atoms. The number of para-hydroxylation sites is 1. The van der Waals surface area contributed by atoms with E-state index < -0.39 is 11.5 Å². The highest BCUT2D eigenvalue weighted by atomic mass is 16.5. The molecule has 4 heterocycles. The molecule has 46 heavy (non-hydrogen) atoms. The molecular weight excluding hydrogens is 584 g/mol. The minimum absolute atomic E-state index is 0.0653. The molecule has 3 N–H and O–H groups in total. The third-order valence-electron chi connectivity index (χ3n) is 8.86. The number of carbonyl (C=O) groups excluding carboxylic acids is 1. The molecular formula is C35H38N6O5. The zero-order valence-corrected chi connectivity index (χ0v) is 26.0. The quantitative estimate of drug-likeness (QED) is 0.207. The summed E-state index contributed by atoms with van der Waals surface area (Å²) in [6, 6.07) is 19.0. The molecule has 1 unspecified atom stereocenters. The fourth-order valence-electron chi connectivity index (χ4n) is 6.12. The standard InChI is InChI=1S/C35H38N6O5/c1-23-32(34(43)41(40(23)2)25-7-4-3-5-8-25)33(42)39-31-12-10-27(21-38-31)46-30-13-17-37-29-19-26(9-11-28(29)30)44-18-6-16-36-24-20-35(14-15-35)45-22-24/h3-5,7-13,19,21,24,36-37H,6,14-18,20,22H2,1-2H3,(H,38,39,42). The Labute approximate surface area is 267 Å². The van der Waals surface area contributed by atoms with Crippen molar-refractivity contribution in [1.29, 1.82) is 0 Å². The van der Waals surface area contributed by atoms with E-state index in [1.165, 1.54) is 17.5 Å². The topological polar surface area (TPSA) is 121 Å². The van der Waals surface area contributed by atoms with Crippen LogP contribution in [-0.2, 0) is 11.8 Å². The van der Waals surface area contributed by atoms with Crippen molar-refractivity contribution < 1.29 is 19.0 Å². The summed E-state index contributed by atoms with van der Waals surface area (Å²) in [5.74, 6) is 1.82. The number of carbonyl (C=O) groups is 1. The van der Waals surface area contributed by atoms with Gasteiger partial charge in [-0.15, -0.1) is 0 Å². The van der Waals surface area contributed by atoms with Gasteiger partial charge in [-0.1, -0.05) is 18.2 Å². The van der Waals surface area contributed by atoms with Crippen molar-refractivity contribution >= 4 is 23.2 Å². The van der Waals surface area contributed by atoms with Crippen LogP contribution in [0.15, 0.2) is 77.7 Å². The van der Waals surface area contributed by atoms with Gasteiger partial charge in [0.2, 0.25) is 0 Å². The number of rotatable bonds is 11. The minimum Gasteiger partial charge on any atom is -0.493 e. The molecule has 1 aliphatic carbocycles. The van der Waals surface area contributed by atoms with Crippen molar-refractivity contribution in [3.05, 3.63) is 100 Å². The van der Waals surface area contributed by atoms with Crippen molar-refractivity contribution in [2.45, 2.75) is 44.2 Å². The predicted molar refractivity (Wildman–Crippen MR) is 176 cm³/mol. The molecule has 0 bridgehead atoms. The number of amides is 1. The molecule has 2 fully saturated rings. The maximum atomic E-state index is 13.2. The molecule has 238 valence electrons. The number of anilines is 2. The number of aromatic nitrogens is 3. The van der Waals surface area contributed by atoms with E-state index in [4.69, 9.17) is 14.2 Å². The van der Waals surface area contributed by atoms with Crippen LogP contribution in [0.25, 0.3) is 11.4 Å². The van der Waals surface area contributed by atoms with Crippen molar-refractivity contribution in [2.75, 3.05) is 36.9 Å². The first kappa shape index (κ1) is 29.8. The molecule has 2 aromatic heterocycles. The third kappa shape index (κ3) is 6.16. The van der Waals surface area contributed by atoms with E-state index in [-0.39, 0.29) is 11.2 Å². The van der Waals surface area contributed by atoms with E-state index in [0.29, 0.717) is 47.9 Å². The lowest BCUT2D eigenvalue weighted by Crippen LogP contribution is -2.31. The Hall–Kier alpha value is -4.87. The van der Waals surface area contributed by atoms with E-state index in [2.05, 4.69) is 20.9 Å². The van der Waals surface area contributed by atoms with Crippen LogP contribution in [0.4, 0.5) is 11.5 Å². The Morgan fingerprint density at radius 1 is 1.13 bits per heavy atom. The summed E-state index contributed by atoms with van der Waals surface area (Å²) in [6.45, 7) is 4.71. The summed E-state index contributed by atoms with van der Waals surface area (Å²) in [5, 5.41) is 9.73. The smallest absolute Gasteiger partial charge is 0.284 e. The van der Waals surface area contributed by atoms with E-state index in [1.807, 2.05) is 54.6 Å². The number of hydrogen-bond acceptors (Lipinski definition) is 8. The molecule has 1 amide bonds. The van der Waals surface area contributed by atoms with Gasteiger partial charge in [0.25, 0.3) is 11.5 Å². The number of nitrogens with zero attached hydrogens (tertiary/aromatic N) is 3. The number of hydrogen-bond donors (Lipinski definition) is 3. The zero-order chi connectivity index (χ0) is 31.7. The molecule has 11 nitrogen and oxygen atoms in total. The van der Waals surface area contributed by atoms with E-state index in [9.17, 15) is 9.59 Å². The first-order chi connectivity index (χ1) is 22.4. The Kier molecular flexibility index (Phi) is 8.10. The first-order valence-electron chi connectivity index (χ1n) is 15.8. The van der Waals surface area contributed by atoms with Gasteiger partial charge in [-0.05, 0) is 81.6 Å². The number of pyridine rings is 1. The van der Waals surface area contributed by atoms with Crippen LogP contribution < -0.4 is 31.0 Å². The highest BCUT2D eigenvalue weighted by Gasteiger charge is 2.49.